The smallest absolute Gasteiger partial charge is 0.303 e. The van der Waals surface area contributed by atoms with E-state index < -0.39 is 23.1 Å². The van der Waals surface area contributed by atoms with Crippen LogP contribution in [0.1, 0.15) is 59.3 Å². The number of hydrogen-bond acceptors (Lipinski definition) is 5. The van der Waals surface area contributed by atoms with Crippen molar-refractivity contribution >= 4 is 17.5 Å². The van der Waals surface area contributed by atoms with Gasteiger partial charge in [0.25, 0.3) is 0 Å². The number of rotatable bonds is 1. The minimum absolute atomic E-state index is 0.106. The van der Waals surface area contributed by atoms with Crippen molar-refractivity contribution in [1.82, 2.24) is 0 Å². The van der Waals surface area contributed by atoms with Crippen molar-refractivity contribution in [3.8, 4) is 0 Å². The van der Waals surface area contributed by atoms with Crippen molar-refractivity contribution in [1.29, 1.82) is 0 Å². The summed E-state index contributed by atoms with van der Waals surface area (Å²) in [7, 11) is 0. The van der Waals surface area contributed by atoms with Crippen molar-refractivity contribution in [2.75, 3.05) is 0 Å². The third-order valence-electron chi connectivity index (χ3n) is 7.69. The third-order valence-corrected chi connectivity index (χ3v) is 7.69. The van der Waals surface area contributed by atoms with Crippen LogP contribution >= 0.6 is 0 Å². The van der Waals surface area contributed by atoms with Crippen LogP contribution in [0.4, 0.5) is 0 Å². The maximum absolute atomic E-state index is 13.0. The lowest BCUT2D eigenvalue weighted by Crippen LogP contribution is -2.66. The third kappa shape index (κ3) is 1.98. The second-order valence-electron chi connectivity index (χ2n) is 8.73. The van der Waals surface area contributed by atoms with Gasteiger partial charge < -0.3 is 9.84 Å². The van der Waals surface area contributed by atoms with Gasteiger partial charge in [-0.1, -0.05) is 11.1 Å². The van der Waals surface area contributed by atoms with Crippen LogP contribution in [0.25, 0.3) is 0 Å². The van der Waals surface area contributed by atoms with Crippen LogP contribution in [0.3, 0.4) is 0 Å². The number of esters is 1. The highest BCUT2D eigenvalue weighted by Gasteiger charge is 2.66. The summed E-state index contributed by atoms with van der Waals surface area (Å²) < 4.78 is 5.38. The number of aliphatic hydroxyl groups is 1. The molecule has 26 heavy (non-hydrogen) atoms. The van der Waals surface area contributed by atoms with Crippen molar-refractivity contribution in [3.05, 3.63) is 23.3 Å². The molecule has 4 aliphatic carbocycles. The summed E-state index contributed by atoms with van der Waals surface area (Å²) in [5.41, 5.74) is -0.429. The number of carbonyl (C=O) groups excluding carboxylic acids is 3. The molecule has 0 spiro atoms. The first kappa shape index (κ1) is 17.7. The quantitative estimate of drug-likeness (QED) is 0.576. The Labute approximate surface area is 153 Å². The molecule has 2 fully saturated rings. The average Bonchev–Trinajstić information content (AvgIpc) is 2.88. The first-order valence-electron chi connectivity index (χ1n) is 9.52. The van der Waals surface area contributed by atoms with E-state index in [1.54, 1.807) is 0 Å². The van der Waals surface area contributed by atoms with Gasteiger partial charge in [0.05, 0.1) is 5.41 Å². The molecule has 0 amide bonds. The number of allylic oxidation sites excluding steroid dienone is 3. The van der Waals surface area contributed by atoms with Gasteiger partial charge in [0.1, 0.15) is 17.5 Å². The summed E-state index contributed by atoms with van der Waals surface area (Å²) in [6, 6.07) is 0. The highest BCUT2D eigenvalue weighted by Crippen LogP contribution is 2.62. The Morgan fingerprint density at radius 1 is 1.19 bits per heavy atom. The number of hydrogen-bond donors (Lipinski definition) is 1. The summed E-state index contributed by atoms with van der Waals surface area (Å²) in [4.78, 5) is 37.0. The van der Waals surface area contributed by atoms with E-state index in [4.69, 9.17) is 4.74 Å². The molecule has 0 aromatic carbocycles. The van der Waals surface area contributed by atoms with Gasteiger partial charge in [-0.2, -0.15) is 0 Å². The van der Waals surface area contributed by atoms with Crippen LogP contribution in [0, 0.1) is 16.7 Å². The van der Waals surface area contributed by atoms with E-state index in [9.17, 15) is 19.5 Å². The van der Waals surface area contributed by atoms with Crippen LogP contribution in [-0.4, -0.2) is 34.3 Å². The van der Waals surface area contributed by atoms with Gasteiger partial charge in [-0.25, -0.2) is 0 Å². The summed E-state index contributed by atoms with van der Waals surface area (Å²) >= 11 is 0. The zero-order chi connectivity index (χ0) is 18.9. The molecule has 2 saturated carbocycles. The highest BCUT2D eigenvalue weighted by atomic mass is 16.6. The Morgan fingerprint density at radius 2 is 1.92 bits per heavy atom. The van der Waals surface area contributed by atoms with E-state index in [-0.39, 0.29) is 17.1 Å². The van der Waals surface area contributed by atoms with E-state index in [0.717, 1.165) is 12.8 Å². The second-order valence-corrected chi connectivity index (χ2v) is 8.73. The van der Waals surface area contributed by atoms with Crippen LogP contribution < -0.4 is 0 Å². The summed E-state index contributed by atoms with van der Waals surface area (Å²) in [5, 5.41) is 11.6. The first-order chi connectivity index (χ1) is 12.1. The Kier molecular flexibility index (Phi) is 3.65. The topological polar surface area (TPSA) is 80.7 Å². The average molecular weight is 358 g/mol. The molecule has 5 atom stereocenters. The summed E-state index contributed by atoms with van der Waals surface area (Å²) in [6.45, 7) is 5.17. The predicted molar refractivity (Wildman–Crippen MR) is 94.1 cm³/mol. The van der Waals surface area contributed by atoms with E-state index in [1.807, 2.05) is 13.8 Å². The Balaban J connectivity index is 1.83. The van der Waals surface area contributed by atoms with Gasteiger partial charge in [0.15, 0.2) is 5.78 Å². The Morgan fingerprint density at radius 3 is 2.62 bits per heavy atom. The van der Waals surface area contributed by atoms with Crippen LogP contribution in [0.15, 0.2) is 23.3 Å². The molecule has 5 nitrogen and oxygen atoms in total. The summed E-state index contributed by atoms with van der Waals surface area (Å²) in [6.07, 6.45) is 5.94. The minimum atomic E-state index is -1.41. The van der Waals surface area contributed by atoms with Crippen molar-refractivity contribution in [2.24, 2.45) is 16.7 Å². The molecular formula is C21H26O5. The standard InChI is InChI=1S/C21H26O5/c1-12(22)26-18-7-6-17(24)20(3)15-9-10-19(2)14(4-5-16(19)23)13(15)8-11-21(18,20)25/h6-7,15,18,25H,4-5,8-11H2,1-3H3/t15-,18-,19-,20-,21+/m0/s1. The minimum Gasteiger partial charge on any atom is -0.455 e. The monoisotopic (exact) mass is 358 g/mol. The van der Waals surface area contributed by atoms with Gasteiger partial charge in [0, 0.05) is 18.8 Å². The SMILES string of the molecule is CC(=O)O[C@H]1C=CC(=O)[C@]2(C)[C@H]3CC[C@]4(C)C(=O)CCC4=C3CC[C@@]12O. The molecule has 4 rings (SSSR count). The van der Waals surface area contributed by atoms with Crippen LogP contribution in [0.5, 0.6) is 0 Å². The fourth-order valence-electron chi connectivity index (χ4n) is 6.08. The van der Waals surface area contributed by atoms with E-state index in [0.29, 0.717) is 31.5 Å². The Hall–Kier alpha value is -1.75. The van der Waals surface area contributed by atoms with E-state index >= 15 is 0 Å². The van der Waals surface area contributed by atoms with Gasteiger partial charge in [-0.05, 0) is 64.0 Å². The van der Waals surface area contributed by atoms with Crippen molar-refractivity contribution in [3.63, 3.8) is 0 Å². The zero-order valence-corrected chi connectivity index (χ0v) is 15.6. The molecule has 4 aliphatic rings. The maximum Gasteiger partial charge on any atom is 0.303 e. The molecule has 0 aliphatic heterocycles. The van der Waals surface area contributed by atoms with E-state index in [2.05, 4.69) is 0 Å². The molecule has 1 N–H and O–H groups in total. The molecule has 0 heterocycles. The molecule has 0 aromatic heterocycles. The molecule has 0 bridgehead atoms. The molecule has 0 saturated heterocycles. The van der Waals surface area contributed by atoms with Crippen molar-refractivity contribution < 1.29 is 24.2 Å². The van der Waals surface area contributed by atoms with Gasteiger partial charge >= 0.3 is 5.97 Å². The number of fused-ring (bicyclic) bond motifs is 4. The molecule has 140 valence electrons. The summed E-state index contributed by atoms with van der Waals surface area (Å²) in [5.74, 6) is -0.381. The number of carbonyl (C=O) groups is 3. The fourth-order valence-corrected chi connectivity index (χ4v) is 6.08. The van der Waals surface area contributed by atoms with Crippen LogP contribution in [-0.2, 0) is 19.1 Å². The largest absolute Gasteiger partial charge is 0.455 e. The second kappa shape index (κ2) is 5.38. The maximum atomic E-state index is 13.0. The molecule has 0 radical (unpaired) electrons. The van der Waals surface area contributed by atoms with Crippen molar-refractivity contribution in [2.45, 2.75) is 71.0 Å². The molecule has 0 unspecified atom stereocenters. The molecule has 5 heteroatoms. The lowest BCUT2D eigenvalue weighted by Gasteiger charge is -2.58. The highest BCUT2D eigenvalue weighted by molar-refractivity contribution is 5.98. The normalized spacial score (nSPS) is 44.5. The predicted octanol–water partition coefficient (Wildman–Crippen LogP) is 2.66. The fraction of sp³-hybridized carbons (Fsp3) is 0.667. The number of ketones is 2. The number of Topliss-reactive ketones (excluding diaryl/α,β-unsaturated/α-hetero) is 1. The van der Waals surface area contributed by atoms with E-state index in [1.165, 1.54) is 30.2 Å². The lowest BCUT2D eigenvalue weighted by molar-refractivity contribution is -0.198. The molecular weight excluding hydrogens is 332 g/mol. The zero-order valence-electron chi connectivity index (χ0n) is 15.6. The van der Waals surface area contributed by atoms with Gasteiger partial charge in [0.2, 0.25) is 0 Å². The molecule has 0 aromatic rings. The number of ether oxygens (including phenoxy) is 1. The van der Waals surface area contributed by atoms with Gasteiger partial charge in [-0.3, -0.25) is 14.4 Å². The Bertz CT molecular complexity index is 777. The van der Waals surface area contributed by atoms with Gasteiger partial charge in [-0.15, -0.1) is 0 Å². The lowest BCUT2D eigenvalue weighted by atomic mass is 9.48. The first-order valence-corrected chi connectivity index (χ1v) is 9.52. The van der Waals surface area contributed by atoms with Crippen LogP contribution in [0.2, 0.25) is 0 Å².